The molecule has 1 rings (SSSR count). The normalized spacial score (nSPS) is 11.4. The van der Waals surface area contributed by atoms with Crippen LogP contribution in [0.1, 0.15) is 37.0 Å². The fourth-order valence-corrected chi connectivity index (χ4v) is 2.49. The number of carboxylic acid groups (broad SMARTS) is 1. The number of ether oxygens (including phenoxy) is 1. The summed E-state index contributed by atoms with van der Waals surface area (Å²) in [5, 5.41) is 8.90. The summed E-state index contributed by atoms with van der Waals surface area (Å²) in [5.41, 5.74) is 3.12. The van der Waals surface area contributed by atoms with Gasteiger partial charge in [-0.1, -0.05) is 26.0 Å². The molecular weight excluding hydrogens is 228 g/mol. The van der Waals surface area contributed by atoms with Crippen LogP contribution in [0, 0.1) is 19.3 Å². The molecule has 3 nitrogen and oxygen atoms in total. The lowest BCUT2D eigenvalue weighted by atomic mass is 9.82. The lowest BCUT2D eigenvalue weighted by Gasteiger charge is -2.23. The van der Waals surface area contributed by atoms with Gasteiger partial charge in [-0.25, -0.2) is 0 Å². The Balaban J connectivity index is 2.95. The molecule has 0 radical (unpaired) electrons. The highest BCUT2D eigenvalue weighted by Gasteiger charge is 2.22. The van der Waals surface area contributed by atoms with Gasteiger partial charge in [0.1, 0.15) is 5.75 Å². The summed E-state index contributed by atoms with van der Waals surface area (Å²) in [7, 11) is 1.67. The average molecular weight is 250 g/mol. The summed E-state index contributed by atoms with van der Waals surface area (Å²) >= 11 is 0. The van der Waals surface area contributed by atoms with Crippen molar-refractivity contribution in [3.8, 4) is 5.75 Å². The number of methoxy groups -OCH3 is 1. The number of carbonyl (C=O) groups is 1. The number of benzene rings is 1. The molecule has 3 heteroatoms. The van der Waals surface area contributed by atoms with Crippen LogP contribution in [0.5, 0.6) is 5.75 Å². The van der Waals surface area contributed by atoms with Crippen molar-refractivity contribution < 1.29 is 14.6 Å². The minimum atomic E-state index is -0.748. The molecule has 1 aromatic rings. The first kappa shape index (κ1) is 14.6. The first-order chi connectivity index (χ1) is 8.25. The summed E-state index contributed by atoms with van der Waals surface area (Å²) in [4.78, 5) is 10.8. The Labute approximate surface area is 109 Å². The summed E-state index contributed by atoms with van der Waals surface area (Å²) in [5.74, 6) is 0.164. The van der Waals surface area contributed by atoms with Crippen molar-refractivity contribution in [2.45, 2.75) is 40.5 Å². The second kappa shape index (κ2) is 5.42. The smallest absolute Gasteiger partial charge is 0.303 e. The van der Waals surface area contributed by atoms with Gasteiger partial charge in [0.05, 0.1) is 13.5 Å². The molecule has 1 aromatic carbocycles. The summed E-state index contributed by atoms with van der Waals surface area (Å²) in [6.45, 7) is 7.99. The van der Waals surface area contributed by atoms with Gasteiger partial charge in [0, 0.05) is 0 Å². The highest BCUT2D eigenvalue weighted by Crippen LogP contribution is 2.30. The number of carboxylic acids is 1. The van der Waals surface area contributed by atoms with Crippen LogP contribution in [-0.2, 0) is 11.2 Å². The zero-order chi connectivity index (χ0) is 13.9. The zero-order valence-corrected chi connectivity index (χ0v) is 11.8. The lowest BCUT2D eigenvalue weighted by Crippen LogP contribution is -2.19. The van der Waals surface area contributed by atoms with Crippen molar-refractivity contribution in [3.05, 3.63) is 28.8 Å². The van der Waals surface area contributed by atoms with E-state index >= 15 is 0 Å². The molecule has 0 aliphatic rings. The molecule has 18 heavy (non-hydrogen) atoms. The van der Waals surface area contributed by atoms with E-state index in [0.29, 0.717) is 0 Å². The second-order valence-corrected chi connectivity index (χ2v) is 5.67. The van der Waals surface area contributed by atoms with Gasteiger partial charge in [-0.3, -0.25) is 4.79 Å². The monoisotopic (exact) mass is 250 g/mol. The van der Waals surface area contributed by atoms with Crippen LogP contribution in [-0.4, -0.2) is 18.2 Å². The van der Waals surface area contributed by atoms with Crippen molar-refractivity contribution in [1.29, 1.82) is 0 Å². The van der Waals surface area contributed by atoms with E-state index in [0.717, 1.165) is 28.9 Å². The molecule has 0 fully saturated rings. The zero-order valence-electron chi connectivity index (χ0n) is 11.8. The van der Waals surface area contributed by atoms with Gasteiger partial charge < -0.3 is 9.84 Å². The van der Waals surface area contributed by atoms with Crippen LogP contribution < -0.4 is 4.74 Å². The van der Waals surface area contributed by atoms with Crippen molar-refractivity contribution in [3.63, 3.8) is 0 Å². The quantitative estimate of drug-likeness (QED) is 0.871. The standard InChI is InChI=1S/C15H22O3/c1-10-6-12(7-11(2)14(10)18-5)8-15(3,4)9-13(16)17/h6-7H,8-9H2,1-5H3,(H,16,17). The predicted octanol–water partition coefficient (Wildman–Crippen LogP) is 3.36. The Hall–Kier alpha value is -1.51. The number of aryl methyl sites for hydroxylation is 2. The predicted molar refractivity (Wildman–Crippen MR) is 72.2 cm³/mol. The number of aliphatic carboxylic acids is 1. The van der Waals surface area contributed by atoms with Gasteiger partial charge in [-0.15, -0.1) is 0 Å². The van der Waals surface area contributed by atoms with Crippen LogP contribution in [0.15, 0.2) is 12.1 Å². The molecule has 0 spiro atoms. The Kier molecular flexibility index (Phi) is 4.38. The Morgan fingerprint density at radius 3 is 2.17 bits per heavy atom. The minimum Gasteiger partial charge on any atom is -0.496 e. The highest BCUT2D eigenvalue weighted by molar-refractivity contribution is 5.67. The van der Waals surface area contributed by atoms with E-state index < -0.39 is 5.97 Å². The van der Waals surface area contributed by atoms with E-state index in [9.17, 15) is 4.79 Å². The van der Waals surface area contributed by atoms with Crippen molar-refractivity contribution in [1.82, 2.24) is 0 Å². The van der Waals surface area contributed by atoms with Crippen LogP contribution in [0.25, 0.3) is 0 Å². The van der Waals surface area contributed by atoms with Gasteiger partial charge in [0.15, 0.2) is 0 Å². The van der Waals surface area contributed by atoms with E-state index in [1.54, 1.807) is 7.11 Å². The average Bonchev–Trinajstić information content (AvgIpc) is 2.13. The van der Waals surface area contributed by atoms with Crippen molar-refractivity contribution in [2.24, 2.45) is 5.41 Å². The third kappa shape index (κ3) is 3.76. The molecule has 0 heterocycles. The van der Waals surface area contributed by atoms with Gasteiger partial charge in [-0.2, -0.15) is 0 Å². The van der Waals surface area contributed by atoms with Crippen molar-refractivity contribution >= 4 is 5.97 Å². The first-order valence-corrected chi connectivity index (χ1v) is 6.11. The van der Waals surface area contributed by atoms with Gasteiger partial charge in [0.25, 0.3) is 0 Å². The first-order valence-electron chi connectivity index (χ1n) is 6.11. The van der Waals surface area contributed by atoms with Gasteiger partial charge >= 0.3 is 5.97 Å². The maximum absolute atomic E-state index is 10.8. The Bertz CT molecular complexity index is 424. The fraction of sp³-hybridized carbons (Fsp3) is 0.533. The molecule has 0 aromatic heterocycles. The molecule has 0 amide bonds. The third-order valence-corrected chi connectivity index (χ3v) is 3.04. The maximum atomic E-state index is 10.8. The molecule has 0 unspecified atom stereocenters. The van der Waals surface area contributed by atoms with Crippen LogP contribution in [0.3, 0.4) is 0 Å². The number of hydrogen-bond donors (Lipinski definition) is 1. The van der Waals surface area contributed by atoms with E-state index in [-0.39, 0.29) is 11.8 Å². The molecule has 0 bridgehead atoms. The Morgan fingerprint density at radius 1 is 1.28 bits per heavy atom. The van der Waals surface area contributed by atoms with Crippen LogP contribution in [0.2, 0.25) is 0 Å². The molecule has 0 saturated heterocycles. The molecule has 1 N–H and O–H groups in total. The highest BCUT2D eigenvalue weighted by atomic mass is 16.5. The van der Waals surface area contributed by atoms with E-state index in [4.69, 9.17) is 9.84 Å². The topological polar surface area (TPSA) is 46.5 Å². The lowest BCUT2D eigenvalue weighted by molar-refractivity contribution is -0.139. The maximum Gasteiger partial charge on any atom is 0.303 e. The summed E-state index contributed by atoms with van der Waals surface area (Å²) in [6.07, 6.45) is 0.933. The molecule has 0 aliphatic heterocycles. The van der Waals surface area contributed by atoms with Crippen LogP contribution >= 0.6 is 0 Å². The SMILES string of the molecule is COc1c(C)cc(CC(C)(C)CC(=O)O)cc1C. The van der Waals surface area contributed by atoms with E-state index in [1.807, 2.05) is 27.7 Å². The van der Waals surface area contributed by atoms with Crippen LogP contribution in [0.4, 0.5) is 0 Å². The van der Waals surface area contributed by atoms with Gasteiger partial charge in [-0.05, 0) is 42.4 Å². The molecule has 0 saturated carbocycles. The summed E-state index contributed by atoms with van der Waals surface area (Å²) < 4.78 is 5.33. The van der Waals surface area contributed by atoms with Crippen molar-refractivity contribution in [2.75, 3.05) is 7.11 Å². The molecule has 0 aliphatic carbocycles. The minimum absolute atomic E-state index is 0.178. The molecule has 0 atom stereocenters. The molecular formula is C15H22O3. The van der Waals surface area contributed by atoms with E-state index in [1.165, 1.54) is 0 Å². The largest absolute Gasteiger partial charge is 0.496 e. The third-order valence-electron chi connectivity index (χ3n) is 3.04. The number of hydrogen-bond acceptors (Lipinski definition) is 2. The number of rotatable bonds is 5. The summed E-state index contributed by atoms with van der Waals surface area (Å²) in [6, 6.07) is 4.16. The van der Waals surface area contributed by atoms with Gasteiger partial charge in [0.2, 0.25) is 0 Å². The molecule has 100 valence electrons. The fourth-order valence-electron chi connectivity index (χ4n) is 2.49. The second-order valence-electron chi connectivity index (χ2n) is 5.67. The van der Waals surface area contributed by atoms with E-state index in [2.05, 4.69) is 12.1 Å². The Morgan fingerprint density at radius 2 is 1.78 bits per heavy atom.